The zero-order chi connectivity index (χ0) is 15.0. The Hall–Kier alpha value is -0.980. The highest BCUT2D eigenvalue weighted by molar-refractivity contribution is 7.89. The minimum Gasteiger partial charge on any atom is -0.379 e. The number of ether oxygens (including phenoxy) is 1. The Morgan fingerprint density at radius 3 is 2.35 bits per heavy atom. The molecule has 2 heterocycles. The smallest absolute Gasteiger partial charge is 0.245 e. The SMILES string of the molecule is Cc1cc(C(C)(C)C)ncc1S(=O)(=O)N1CCOCC1. The zero-order valence-electron chi connectivity index (χ0n) is 12.5. The fourth-order valence-electron chi connectivity index (χ4n) is 2.15. The Morgan fingerprint density at radius 2 is 1.85 bits per heavy atom. The quantitative estimate of drug-likeness (QED) is 0.834. The van der Waals surface area contributed by atoms with Gasteiger partial charge in [0.2, 0.25) is 10.0 Å². The molecule has 1 aliphatic heterocycles. The Morgan fingerprint density at radius 1 is 1.25 bits per heavy atom. The van der Waals surface area contributed by atoms with Gasteiger partial charge in [0, 0.05) is 30.4 Å². The average molecular weight is 298 g/mol. The summed E-state index contributed by atoms with van der Waals surface area (Å²) in [5.41, 5.74) is 1.55. The molecule has 6 heteroatoms. The van der Waals surface area contributed by atoms with Crippen LogP contribution in [0.25, 0.3) is 0 Å². The molecule has 5 nitrogen and oxygen atoms in total. The van der Waals surface area contributed by atoms with E-state index in [0.717, 1.165) is 11.3 Å². The first-order valence-corrected chi connectivity index (χ1v) is 8.22. The van der Waals surface area contributed by atoms with Crippen molar-refractivity contribution in [1.82, 2.24) is 9.29 Å². The third-order valence-corrected chi connectivity index (χ3v) is 5.45. The van der Waals surface area contributed by atoms with Gasteiger partial charge >= 0.3 is 0 Å². The molecule has 2 rings (SSSR count). The number of rotatable bonds is 2. The predicted molar refractivity (Wildman–Crippen MR) is 77.3 cm³/mol. The first kappa shape index (κ1) is 15.4. The molecular weight excluding hydrogens is 276 g/mol. The van der Waals surface area contributed by atoms with Gasteiger partial charge in [-0.2, -0.15) is 4.31 Å². The largest absolute Gasteiger partial charge is 0.379 e. The first-order chi connectivity index (χ1) is 9.23. The third-order valence-electron chi connectivity index (χ3n) is 3.42. The van der Waals surface area contributed by atoms with E-state index in [1.54, 1.807) is 0 Å². The van der Waals surface area contributed by atoms with E-state index in [-0.39, 0.29) is 5.41 Å². The highest BCUT2D eigenvalue weighted by Gasteiger charge is 2.29. The van der Waals surface area contributed by atoms with Crippen molar-refractivity contribution < 1.29 is 13.2 Å². The predicted octanol–water partition coefficient (Wildman–Crippen LogP) is 1.71. The number of aromatic nitrogens is 1. The molecule has 0 aromatic carbocycles. The Balaban J connectivity index is 2.37. The van der Waals surface area contributed by atoms with Crippen LogP contribution in [0.4, 0.5) is 0 Å². The summed E-state index contributed by atoms with van der Waals surface area (Å²) in [6.07, 6.45) is 1.49. The average Bonchev–Trinajstić information content (AvgIpc) is 2.38. The van der Waals surface area contributed by atoms with Crippen molar-refractivity contribution in [3.8, 4) is 0 Å². The number of pyridine rings is 1. The van der Waals surface area contributed by atoms with Gasteiger partial charge < -0.3 is 4.74 Å². The minimum absolute atomic E-state index is 0.0913. The van der Waals surface area contributed by atoms with Crippen molar-refractivity contribution in [1.29, 1.82) is 0 Å². The van der Waals surface area contributed by atoms with Crippen LogP contribution >= 0.6 is 0 Å². The molecule has 112 valence electrons. The fraction of sp³-hybridized carbons (Fsp3) is 0.643. The molecule has 1 aromatic heterocycles. The number of nitrogens with zero attached hydrogens (tertiary/aromatic N) is 2. The number of hydrogen-bond acceptors (Lipinski definition) is 4. The molecule has 0 unspecified atom stereocenters. The van der Waals surface area contributed by atoms with Gasteiger partial charge in [0.15, 0.2) is 0 Å². The minimum atomic E-state index is -3.46. The normalized spacial score (nSPS) is 18.2. The summed E-state index contributed by atoms with van der Waals surface area (Å²) in [5, 5.41) is 0. The molecule has 0 saturated carbocycles. The molecular formula is C14H22N2O3S. The highest BCUT2D eigenvalue weighted by atomic mass is 32.2. The number of morpholine rings is 1. The summed E-state index contributed by atoms with van der Waals surface area (Å²) in [7, 11) is -3.46. The van der Waals surface area contributed by atoms with Crippen LogP contribution in [0, 0.1) is 6.92 Å². The first-order valence-electron chi connectivity index (χ1n) is 6.78. The van der Waals surface area contributed by atoms with E-state index in [0.29, 0.717) is 31.2 Å². The standard InChI is InChI=1S/C14H22N2O3S/c1-11-9-13(14(2,3)4)15-10-12(11)20(17,18)16-5-7-19-8-6-16/h9-10H,5-8H2,1-4H3. The van der Waals surface area contributed by atoms with Crippen LogP contribution in [-0.4, -0.2) is 44.0 Å². The van der Waals surface area contributed by atoms with Gasteiger partial charge in [0.1, 0.15) is 4.90 Å². The zero-order valence-corrected chi connectivity index (χ0v) is 13.3. The van der Waals surface area contributed by atoms with Crippen molar-refractivity contribution >= 4 is 10.0 Å². The molecule has 0 atom stereocenters. The third kappa shape index (κ3) is 3.02. The van der Waals surface area contributed by atoms with Crippen molar-refractivity contribution in [3.05, 3.63) is 23.5 Å². The summed E-state index contributed by atoms with van der Waals surface area (Å²) in [4.78, 5) is 4.63. The second-order valence-electron chi connectivity index (χ2n) is 6.10. The van der Waals surface area contributed by atoms with E-state index in [2.05, 4.69) is 25.8 Å². The molecule has 0 aliphatic carbocycles. The number of sulfonamides is 1. The van der Waals surface area contributed by atoms with E-state index in [9.17, 15) is 8.42 Å². The maximum atomic E-state index is 12.6. The van der Waals surface area contributed by atoms with Crippen LogP contribution in [-0.2, 0) is 20.2 Å². The van der Waals surface area contributed by atoms with Gasteiger partial charge in [0.05, 0.1) is 13.2 Å². The Bertz CT molecular complexity index is 585. The second kappa shape index (κ2) is 5.42. The molecule has 0 N–H and O–H groups in total. The molecule has 0 bridgehead atoms. The van der Waals surface area contributed by atoms with Crippen molar-refractivity contribution in [2.24, 2.45) is 0 Å². The van der Waals surface area contributed by atoms with Crippen molar-refractivity contribution in [2.75, 3.05) is 26.3 Å². The van der Waals surface area contributed by atoms with Gasteiger partial charge in [-0.25, -0.2) is 8.42 Å². The summed E-state index contributed by atoms with van der Waals surface area (Å²) in [5.74, 6) is 0. The molecule has 1 aromatic rings. The number of aryl methyl sites for hydroxylation is 1. The highest BCUT2D eigenvalue weighted by Crippen LogP contribution is 2.25. The molecule has 0 spiro atoms. The van der Waals surface area contributed by atoms with E-state index in [1.807, 2.05) is 13.0 Å². The van der Waals surface area contributed by atoms with Crippen LogP contribution in [0.1, 0.15) is 32.0 Å². The van der Waals surface area contributed by atoms with Crippen LogP contribution in [0.3, 0.4) is 0 Å². The molecule has 20 heavy (non-hydrogen) atoms. The lowest BCUT2D eigenvalue weighted by Crippen LogP contribution is -2.40. The van der Waals surface area contributed by atoms with E-state index < -0.39 is 10.0 Å². The molecule has 0 radical (unpaired) electrons. The van der Waals surface area contributed by atoms with Gasteiger partial charge in [-0.15, -0.1) is 0 Å². The van der Waals surface area contributed by atoms with Gasteiger partial charge in [-0.3, -0.25) is 4.98 Å². The van der Waals surface area contributed by atoms with Gasteiger partial charge in [-0.1, -0.05) is 20.8 Å². The van der Waals surface area contributed by atoms with E-state index in [4.69, 9.17) is 4.74 Å². The summed E-state index contributed by atoms with van der Waals surface area (Å²) in [6.45, 7) is 9.72. The van der Waals surface area contributed by atoms with Crippen LogP contribution in [0.2, 0.25) is 0 Å². The summed E-state index contributed by atoms with van der Waals surface area (Å²) in [6, 6.07) is 1.87. The van der Waals surface area contributed by atoms with Crippen molar-refractivity contribution in [3.63, 3.8) is 0 Å². The molecule has 1 saturated heterocycles. The number of hydrogen-bond donors (Lipinski definition) is 0. The molecule has 0 amide bonds. The van der Waals surface area contributed by atoms with Crippen LogP contribution < -0.4 is 0 Å². The lowest BCUT2D eigenvalue weighted by atomic mass is 9.91. The van der Waals surface area contributed by atoms with Gasteiger partial charge in [-0.05, 0) is 18.6 Å². The van der Waals surface area contributed by atoms with Crippen molar-refractivity contribution in [2.45, 2.75) is 38.0 Å². The topological polar surface area (TPSA) is 59.5 Å². The lowest BCUT2D eigenvalue weighted by molar-refractivity contribution is 0.0730. The van der Waals surface area contributed by atoms with E-state index in [1.165, 1.54) is 10.5 Å². The molecule has 1 fully saturated rings. The van der Waals surface area contributed by atoms with E-state index >= 15 is 0 Å². The Labute approximate surface area is 121 Å². The van der Waals surface area contributed by atoms with Crippen LogP contribution in [0.15, 0.2) is 17.2 Å². The maximum Gasteiger partial charge on any atom is 0.245 e. The lowest BCUT2D eigenvalue weighted by Gasteiger charge is -2.27. The van der Waals surface area contributed by atoms with Gasteiger partial charge in [0.25, 0.3) is 0 Å². The summed E-state index contributed by atoms with van der Waals surface area (Å²) < 4.78 is 31.9. The fourth-order valence-corrected chi connectivity index (χ4v) is 3.71. The van der Waals surface area contributed by atoms with Crippen LogP contribution in [0.5, 0.6) is 0 Å². The monoisotopic (exact) mass is 298 g/mol. The maximum absolute atomic E-state index is 12.6. The second-order valence-corrected chi connectivity index (χ2v) is 8.01. The summed E-state index contributed by atoms with van der Waals surface area (Å²) >= 11 is 0. The Kier molecular flexibility index (Phi) is 4.18. The molecule has 1 aliphatic rings.